The maximum absolute atomic E-state index is 12.5. The third-order valence-corrected chi connectivity index (χ3v) is 5.11. The van der Waals surface area contributed by atoms with E-state index in [1.807, 2.05) is 37.2 Å². The Hall–Kier alpha value is -2.09. The van der Waals surface area contributed by atoms with Crippen LogP contribution >= 0.6 is 23.4 Å². The lowest BCUT2D eigenvalue weighted by Gasteiger charge is -2.26. The van der Waals surface area contributed by atoms with E-state index in [1.165, 1.54) is 17.8 Å². The quantitative estimate of drug-likeness (QED) is 0.437. The molecule has 0 aliphatic heterocycles. The summed E-state index contributed by atoms with van der Waals surface area (Å²) in [5.41, 5.74) is 1.09. The highest BCUT2D eigenvalue weighted by atomic mass is 35.5. The Morgan fingerprint density at radius 3 is 2.58 bits per heavy atom. The third-order valence-electron chi connectivity index (χ3n) is 3.98. The molecule has 26 heavy (non-hydrogen) atoms. The summed E-state index contributed by atoms with van der Waals surface area (Å²) in [5.74, 6) is -0.361. The normalized spacial score (nSPS) is 12.0. The van der Waals surface area contributed by atoms with Crippen LogP contribution in [-0.2, 0) is 0 Å². The highest BCUT2D eigenvalue weighted by molar-refractivity contribution is 7.98. The molecule has 138 valence electrons. The molecule has 8 heteroatoms. The molecule has 0 fully saturated rings. The molecule has 0 bridgehead atoms. The van der Waals surface area contributed by atoms with Gasteiger partial charge in [-0.3, -0.25) is 14.9 Å². The molecule has 1 N–H and O–H groups in total. The monoisotopic (exact) mass is 393 g/mol. The fourth-order valence-corrected chi connectivity index (χ4v) is 3.39. The molecule has 1 atom stereocenters. The molecule has 0 spiro atoms. The van der Waals surface area contributed by atoms with Crippen LogP contribution in [0.1, 0.15) is 22.0 Å². The molecule has 0 saturated heterocycles. The number of likely N-dealkylation sites (N-methyl/N-ethyl adjacent to an activating group) is 1. The summed E-state index contributed by atoms with van der Waals surface area (Å²) in [4.78, 5) is 25.6. The zero-order chi connectivity index (χ0) is 19.3. The maximum atomic E-state index is 12.5. The van der Waals surface area contributed by atoms with Gasteiger partial charge in [-0.05, 0) is 44.1 Å². The maximum Gasteiger partial charge on any atom is 0.283 e. The van der Waals surface area contributed by atoms with Crippen molar-refractivity contribution in [3.8, 4) is 0 Å². The van der Waals surface area contributed by atoms with E-state index in [4.69, 9.17) is 11.6 Å². The van der Waals surface area contributed by atoms with Gasteiger partial charge in [0.05, 0.1) is 15.9 Å². The molecule has 6 nitrogen and oxygen atoms in total. The number of nitro benzene ring substituents is 1. The predicted molar refractivity (Wildman–Crippen MR) is 105 cm³/mol. The van der Waals surface area contributed by atoms with E-state index in [0.29, 0.717) is 16.5 Å². The summed E-state index contributed by atoms with van der Waals surface area (Å²) >= 11 is 7.54. The summed E-state index contributed by atoms with van der Waals surface area (Å²) < 4.78 is 0. The van der Waals surface area contributed by atoms with Crippen molar-refractivity contribution in [2.24, 2.45) is 0 Å². The first-order valence-electron chi connectivity index (χ1n) is 7.86. The number of hydrogen-bond donors (Lipinski definition) is 1. The van der Waals surface area contributed by atoms with E-state index >= 15 is 0 Å². The number of halogens is 1. The van der Waals surface area contributed by atoms with Gasteiger partial charge in [0.15, 0.2) is 0 Å². The molecule has 0 aromatic heterocycles. The summed E-state index contributed by atoms with van der Waals surface area (Å²) in [6, 6.07) is 11.8. The SMILES string of the molecule is CSc1ccc(C(=O)NCC(c2ccccc2Cl)N(C)C)cc1[N+](=O)[O-]. The molecular formula is C18H20ClN3O3S. The highest BCUT2D eigenvalue weighted by Crippen LogP contribution is 2.29. The lowest BCUT2D eigenvalue weighted by atomic mass is 10.1. The second-order valence-corrected chi connectivity index (χ2v) is 7.11. The van der Waals surface area contributed by atoms with Gasteiger partial charge in [-0.15, -0.1) is 11.8 Å². The average Bonchev–Trinajstić information content (AvgIpc) is 2.62. The first-order chi connectivity index (χ1) is 12.3. The van der Waals surface area contributed by atoms with Gasteiger partial charge >= 0.3 is 0 Å². The first kappa shape index (κ1) is 20.2. The van der Waals surface area contributed by atoms with Crippen LogP contribution in [0.4, 0.5) is 5.69 Å². The van der Waals surface area contributed by atoms with Crippen molar-refractivity contribution in [2.75, 3.05) is 26.9 Å². The van der Waals surface area contributed by atoms with E-state index in [-0.39, 0.29) is 23.2 Å². The molecule has 2 aromatic rings. The number of carbonyl (C=O) groups excluding carboxylic acids is 1. The Balaban J connectivity index is 2.17. The number of nitrogens with one attached hydrogen (secondary N) is 1. The van der Waals surface area contributed by atoms with Crippen LogP contribution in [0.25, 0.3) is 0 Å². The number of thioether (sulfide) groups is 1. The van der Waals surface area contributed by atoms with Gasteiger partial charge in [-0.1, -0.05) is 29.8 Å². The van der Waals surface area contributed by atoms with Crippen LogP contribution < -0.4 is 5.32 Å². The molecule has 1 unspecified atom stereocenters. The molecule has 2 rings (SSSR count). The Kier molecular flexibility index (Phi) is 7.02. The standard InChI is InChI=1S/C18H20ClN3O3S/c1-21(2)16(13-6-4-5-7-14(13)19)11-20-18(23)12-8-9-17(26-3)15(10-12)22(24)25/h4-10,16H,11H2,1-3H3,(H,20,23). The Labute approximate surface area is 161 Å². The lowest BCUT2D eigenvalue weighted by Crippen LogP contribution is -2.34. The van der Waals surface area contributed by atoms with Crippen LogP contribution in [0.2, 0.25) is 5.02 Å². The van der Waals surface area contributed by atoms with Crippen molar-refractivity contribution in [2.45, 2.75) is 10.9 Å². The number of rotatable bonds is 7. The molecule has 2 aromatic carbocycles. The van der Waals surface area contributed by atoms with Crippen LogP contribution in [0.5, 0.6) is 0 Å². The number of benzene rings is 2. The van der Waals surface area contributed by atoms with E-state index in [1.54, 1.807) is 24.5 Å². The third kappa shape index (κ3) is 4.75. The van der Waals surface area contributed by atoms with Crippen LogP contribution in [-0.4, -0.2) is 42.6 Å². The summed E-state index contributed by atoms with van der Waals surface area (Å²) in [6.45, 7) is 0.327. The molecule has 0 radical (unpaired) electrons. The van der Waals surface area contributed by atoms with Gasteiger partial charge in [0.25, 0.3) is 11.6 Å². The highest BCUT2D eigenvalue weighted by Gasteiger charge is 2.20. The van der Waals surface area contributed by atoms with Crippen molar-refractivity contribution in [3.63, 3.8) is 0 Å². The van der Waals surface area contributed by atoms with E-state index in [2.05, 4.69) is 5.32 Å². The van der Waals surface area contributed by atoms with Gasteiger partial charge in [0, 0.05) is 23.2 Å². The minimum atomic E-state index is -0.477. The van der Waals surface area contributed by atoms with Gasteiger partial charge in [-0.2, -0.15) is 0 Å². The second kappa shape index (κ2) is 9.02. The smallest absolute Gasteiger partial charge is 0.283 e. The van der Waals surface area contributed by atoms with Crippen molar-refractivity contribution in [1.82, 2.24) is 10.2 Å². The van der Waals surface area contributed by atoms with E-state index < -0.39 is 4.92 Å². The number of amides is 1. The Bertz CT molecular complexity index is 814. The minimum absolute atomic E-state index is 0.0691. The number of nitrogens with zero attached hydrogens (tertiary/aromatic N) is 2. The van der Waals surface area contributed by atoms with Crippen molar-refractivity contribution in [3.05, 3.63) is 68.7 Å². The first-order valence-corrected chi connectivity index (χ1v) is 9.47. The molecule has 0 saturated carbocycles. The minimum Gasteiger partial charge on any atom is -0.350 e. The number of nitro groups is 1. The predicted octanol–water partition coefficient (Wildman–Crippen LogP) is 4.00. The zero-order valence-electron chi connectivity index (χ0n) is 14.7. The summed E-state index contributed by atoms with van der Waals surface area (Å²) in [5, 5.41) is 14.6. The van der Waals surface area contributed by atoms with Crippen LogP contribution in [0.3, 0.4) is 0 Å². The molecule has 0 aliphatic rings. The van der Waals surface area contributed by atoms with Gasteiger partial charge in [0.1, 0.15) is 0 Å². The van der Waals surface area contributed by atoms with Gasteiger partial charge in [0.2, 0.25) is 0 Å². The Morgan fingerprint density at radius 2 is 2.00 bits per heavy atom. The topological polar surface area (TPSA) is 75.5 Å². The van der Waals surface area contributed by atoms with Gasteiger partial charge < -0.3 is 10.2 Å². The van der Waals surface area contributed by atoms with Crippen molar-refractivity contribution in [1.29, 1.82) is 0 Å². The summed E-state index contributed by atoms with van der Waals surface area (Å²) in [7, 11) is 3.80. The second-order valence-electron chi connectivity index (χ2n) is 5.85. The van der Waals surface area contributed by atoms with Crippen molar-refractivity contribution >= 4 is 35.0 Å². The molecule has 1 amide bonds. The molecular weight excluding hydrogens is 374 g/mol. The summed E-state index contributed by atoms with van der Waals surface area (Å²) in [6.07, 6.45) is 1.76. The van der Waals surface area contributed by atoms with Gasteiger partial charge in [-0.25, -0.2) is 0 Å². The Morgan fingerprint density at radius 1 is 1.31 bits per heavy atom. The number of hydrogen-bond acceptors (Lipinski definition) is 5. The van der Waals surface area contributed by atoms with Crippen LogP contribution in [0.15, 0.2) is 47.4 Å². The van der Waals surface area contributed by atoms with Crippen molar-refractivity contribution < 1.29 is 9.72 Å². The fraction of sp³-hybridized carbons (Fsp3) is 0.278. The largest absolute Gasteiger partial charge is 0.350 e. The fourth-order valence-electron chi connectivity index (χ4n) is 2.58. The zero-order valence-corrected chi connectivity index (χ0v) is 16.3. The molecule has 0 heterocycles. The van der Waals surface area contributed by atoms with E-state index in [9.17, 15) is 14.9 Å². The lowest BCUT2D eigenvalue weighted by molar-refractivity contribution is -0.387. The number of carbonyl (C=O) groups is 1. The van der Waals surface area contributed by atoms with E-state index in [0.717, 1.165) is 5.56 Å². The average molecular weight is 394 g/mol. The molecule has 0 aliphatic carbocycles. The van der Waals surface area contributed by atoms with Crippen LogP contribution in [0, 0.1) is 10.1 Å².